The minimum atomic E-state index is -3.12. The Bertz CT molecular complexity index is 706. The molecule has 160 valence electrons. The van der Waals surface area contributed by atoms with E-state index in [-0.39, 0.29) is 29.4 Å². The van der Waals surface area contributed by atoms with Crippen molar-refractivity contribution in [3.05, 3.63) is 35.9 Å². The number of nitrogens with one attached hydrogen (secondary N) is 2. The second-order valence-electron chi connectivity index (χ2n) is 7.23. The number of benzene rings is 1. The summed E-state index contributed by atoms with van der Waals surface area (Å²) in [6, 6.07) is 10.7. The van der Waals surface area contributed by atoms with E-state index in [4.69, 9.17) is 4.99 Å². The van der Waals surface area contributed by atoms with Gasteiger partial charge in [-0.25, -0.2) is 12.7 Å². The van der Waals surface area contributed by atoms with Crippen molar-refractivity contribution in [3.8, 4) is 0 Å². The molecule has 0 radical (unpaired) electrons. The van der Waals surface area contributed by atoms with Crippen molar-refractivity contribution in [2.24, 2.45) is 4.99 Å². The Labute approximate surface area is 187 Å². The highest BCUT2D eigenvalue weighted by molar-refractivity contribution is 14.0. The Hall–Kier alpha value is -0.870. The van der Waals surface area contributed by atoms with E-state index in [1.165, 1.54) is 35.4 Å². The Morgan fingerprint density at radius 3 is 2.36 bits per heavy atom. The van der Waals surface area contributed by atoms with E-state index in [9.17, 15) is 8.42 Å². The van der Waals surface area contributed by atoms with Crippen molar-refractivity contribution in [1.82, 2.24) is 14.9 Å². The molecule has 0 amide bonds. The minimum absolute atomic E-state index is 0. The molecule has 8 heteroatoms. The van der Waals surface area contributed by atoms with Crippen LogP contribution in [-0.2, 0) is 15.4 Å². The minimum Gasteiger partial charge on any atom is -0.357 e. The van der Waals surface area contributed by atoms with Crippen molar-refractivity contribution in [2.75, 3.05) is 39.0 Å². The van der Waals surface area contributed by atoms with Gasteiger partial charge < -0.3 is 10.6 Å². The van der Waals surface area contributed by atoms with E-state index in [2.05, 4.69) is 47.9 Å². The number of nitrogens with zero attached hydrogens (tertiary/aromatic N) is 2. The summed E-state index contributed by atoms with van der Waals surface area (Å²) in [6.45, 7) is 7.21. The number of hydrogen-bond acceptors (Lipinski definition) is 3. The number of guanidine groups is 1. The van der Waals surface area contributed by atoms with Crippen molar-refractivity contribution >= 4 is 40.0 Å². The normalized spacial score (nSPS) is 16.2. The van der Waals surface area contributed by atoms with Crippen LogP contribution in [-0.4, -0.2) is 57.7 Å². The second kappa shape index (κ2) is 12.0. The highest BCUT2D eigenvalue weighted by Crippen LogP contribution is 2.43. The first-order chi connectivity index (χ1) is 12.9. The zero-order chi connectivity index (χ0) is 19.8. The third-order valence-electron chi connectivity index (χ3n) is 5.28. The highest BCUT2D eigenvalue weighted by Gasteiger charge is 2.38. The third kappa shape index (κ3) is 7.18. The Morgan fingerprint density at radius 1 is 1.18 bits per heavy atom. The van der Waals surface area contributed by atoms with Gasteiger partial charge in [0.15, 0.2) is 5.96 Å². The van der Waals surface area contributed by atoms with Gasteiger partial charge in [-0.15, -0.1) is 24.0 Å². The molecule has 1 aliphatic carbocycles. The molecule has 2 N–H and O–H groups in total. The molecule has 1 saturated carbocycles. The molecule has 0 spiro atoms. The van der Waals surface area contributed by atoms with Crippen LogP contribution in [0.25, 0.3) is 0 Å². The van der Waals surface area contributed by atoms with Crippen molar-refractivity contribution in [3.63, 3.8) is 0 Å². The summed E-state index contributed by atoms with van der Waals surface area (Å²) in [5, 5.41) is 6.64. The van der Waals surface area contributed by atoms with Gasteiger partial charge in [-0.3, -0.25) is 4.99 Å². The van der Waals surface area contributed by atoms with Crippen LogP contribution in [0, 0.1) is 0 Å². The molecule has 0 atom stereocenters. The standard InChI is InChI=1S/C20H34N4O2S.HI/c1-4-21-19(22-15-10-16-24(5-2)27(3,25)26)23-17-20(13-9-14-20)18-11-7-6-8-12-18;/h6-8,11-12H,4-5,9-10,13-17H2,1-3H3,(H2,21,22,23);1H. The van der Waals surface area contributed by atoms with Gasteiger partial charge in [0.2, 0.25) is 10.0 Å². The van der Waals surface area contributed by atoms with E-state index in [1.54, 1.807) is 0 Å². The molecule has 0 aromatic heterocycles. The van der Waals surface area contributed by atoms with Crippen LogP contribution in [0.5, 0.6) is 0 Å². The molecule has 1 aromatic rings. The van der Waals surface area contributed by atoms with Gasteiger partial charge in [-0.05, 0) is 31.7 Å². The number of halogens is 1. The van der Waals surface area contributed by atoms with E-state index >= 15 is 0 Å². The molecule has 0 bridgehead atoms. The van der Waals surface area contributed by atoms with E-state index < -0.39 is 10.0 Å². The van der Waals surface area contributed by atoms with Crippen molar-refractivity contribution in [1.29, 1.82) is 0 Å². The lowest BCUT2D eigenvalue weighted by Gasteiger charge is -2.41. The van der Waals surface area contributed by atoms with Gasteiger partial charge in [0, 0.05) is 31.6 Å². The second-order valence-corrected chi connectivity index (χ2v) is 9.21. The third-order valence-corrected chi connectivity index (χ3v) is 6.66. The van der Waals surface area contributed by atoms with Crippen molar-refractivity contribution < 1.29 is 8.42 Å². The molecule has 2 rings (SSSR count). The highest BCUT2D eigenvalue weighted by atomic mass is 127. The summed E-state index contributed by atoms with van der Waals surface area (Å²) < 4.78 is 24.8. The van der Waals surface area contributed by atoms with Crippen LogP contribution in [0.2, 0.25) is 0 Å². The zero-order valence-electron chi connectivity index (χ0n) is 17.3. The Kier molecular flexibility index (Phi) is 10.8. The maximum absolute atomic E-state index is 11.6. The van der Waals surface area contributed by atoms with E-state index in [0.717, 1.165) is 25.5 Å². The number of aliphatic imine (C=N–C) groups is 1. The molecular formula is C20H35IN4O2S. The van der Waals surface area contributed by atoms with Gasteiger partial charge >= 0.3 is 0 Å². The molecule has 6 nitrogen and oxygen atoms in total. The molecule has 28 heavy (non-hydrogen) atoms. The summed E-state index contributed by atoms with van der Waals surface area (Å²) in [7, 11) is -3.12. The maximum atomic E-state index is 11.6. The quantitative estimate of drug-likeness (QED) is 0.215. The van der Waals surface area contributed by atoms with Gasteiger partial charge in [-0.2, -0.15) is 0 Å². The van der Waals surface area contributed by atoms with Crippen LogP contribution < -0.4 is 10.6 Å². The summed E-state index contributed by atoms with van der Waals surface area (Å²) in [5.41, 5.74) is 1.54. The first-order valence-corrected chi connectivity index (χ1v) is 11.8. The largest absolute Gasteiger partial charge is 0.357 e. The summed E-state index contributed by atoms with van der Waals surface area (Å²) in [5.74, 6) is 0.808. The van der Waals surface area contributed by atoms with Crippen LogP contribution in [0.3, 0.4) is 0 Å². The fourth-order valence-electron chi connectivity index (χ4n) is 3.53. The fourth-order valence-corrected chi connectivity index (χ4v) is 4.46. The molecule has 1 aliphatic rings. The SMILES string of the molecule is CCNC(=NCC1(c2ccccc2)CCC1)NCCCN(CC)S(C)(=O)=O.I. The van der Waals surface area contributed by atoms with Gasteiger partial charge in [0.25, 0.3) is 0 Å². The Morgan fingerprint density at radius 2 is 1.86 bits per heavy atom. The molecule has 0 unspecified atom stereocenters. The number of hydrogen-bond donors (Lipinski definition) is 2. The lowest BCUT2D eigenvalue weighted by molar-refractivity contribution is 0.253. The van der Waals surface area contributed by atoms with Gasteiger partial charge in [0.05, 0.1) is 12.8 Å². The lowest BCUT2D eigenvalue weighted by atomic mass is 9.64. The monoisotopic (exact) mass is 522 g/mol. The molecule has 1 aromatic carbocycles. The smallest absolute Gasteiger partial charge is 0.211 e. The number of rotatable bonds is 10. The Balaban J connectivity index is 0.00000392. The van der Waals surface area contributed by atoms with Crippen LogP contribution >= 0.6 is 24.0 Å². The summed E-state index contributed by atoms with van der Waals surface area (Å²) in [6.07, 6.45) is 5.62. The van der Waals surface area contributed by atoms with Crippen LogP contribution in [0.1, 0.15) is 45.1 Å². The first-order valence-electron chi connectivity index (χ1n) is 9.94. The average molecular weight is 522 g/mol. The van der Waals surface area contributed by atoms with E-state index in [1.807, 2.05) is 6.92 Å². The van der Waals surface area contributed by atoms with E-state index in [0.29, 0.717) is 19.6 Å². The number of sulfonamides is 1. The molecule has 1 fully saturated rings. The molecular weight excluding hydrogens is 487 g/mol. The molecule has 0 heterocycles. The van der Waals surface area contributed by atoms with Crippen LogP contribution in [0.15, 0.2) is 35.3 Å². The predicted octanol–water partition coefficient (Wildman–Crippen LogP) is 2.95. The first kappa shape index (κ1) is 25.2. The zero-order valence-corrected chi connectivity index (χ0v) is 20.4. The fraction of sp³-hybridized carbons (Fsp3) is 0.650. The van der Waals surface area contributed by atoms with Crippen molar-refractivity contribution in [2.45, 2.75) is 44.9 Å². The maximum Gasteiger partial charge on any atom is 0.211 e. The van der Waals surface area contributed by atoms with Gasteiger partial charge in [0.1, 0.15) is 0 Å². The predicted molar refractivity (Wildman–Crippen MR) is 128 cm³/mol. The van der Waals surface area contributed by atoms with Gasteiger partial charge in [-0.1, -0.05) is 43.7 Å². The molecule has 0 aliphatic heterocycles. The molecule has 0 saturated heterocycles. The summed E-state index contributed by atoms with van der Waals surface area (Å²) >= 11 is 0. The average Bonchev–Trinajstić information content (AvgIpc) is 2.60. The van der Waals surface area contributed by atoms with Crippen LogP contribution in [0.4, 0.5) is 0 Å². The topological polar surface area (TPSA) is 73.8 Å². The summed E-state index contributed by atoms with van der Waals surface area (Å²) in [4.78, 5) is 4.83. The lowest BCUT2D eigenvalue weighted by Crippen LogP contribution is -2.42.